The molecule has 4 rings (SSSR count). The van der Waals surface area contributed by atoms with Crippen LogP contribution in [0.4, 0.5) is 0 Å². The third-order valence-electron chi connectivity index (χ3n) is 5.70. The molecule has 4 heteroatoms. The molecule has 0 fully saturated rings. The highest BCUT2D eigenvalue weighted by Gasteiger charge is 2.14. The van der Waals surface area contributed by atoms with Crippen LogP contribution in [0.2, 0.25) is 0 Å². The smallest absolute Gasteiger partial charge is 0.0784 e. The molecule has 4 aromatic rings. The van der Waals surface area contributed by atoms with Gasteiger partial charge in [-0.3, -0.25) is 4.98 Å². The fraction of sp³-hybridized carbons (Fsp3) is 0.346. The van der Waals surface area contributed by atoms with Crippen molar-refractivity contribution in [2.24, 2.45) is 0 Å². The van der Waals surface area contributed by atoms with Gasteiger partial charge in [-0.05, 0) is 64.1 Å². The molecule has 0 aliphatic rings. The standard InChI is InChI=1S/C26H32N4/c1-29(2)18-9-16-27-20-24-26-23(15-17-28-24)22-13-6-7-14-25(22)30(26)19-8-12-21-10-4-3-5-11-21/h3-7,10-11,13-15,17,27H,8-9,12,16,18-20H2,1-2H3. The highest BCUT2D eigenvalue weighted by atomic mass is 15.1. The number of rotatable bonds is 10. The summed E-state index contributed by atoms with van der Waals surface area (Å²) >= 11 is 0. The highest BCUT2D eigenvalue weighted by Crippen LogP contribution is 2.30. The Kier molecular flexibility index (Phi) is 6.77. The molecular formula is C26H32N4. The SMILES string of the molecule is CN(C)CCCNCc1nccc2c3ccccc3n(CCCc3ccccc3)c12. The Morgan fingerprint density at radius 2 is 1.70 bits per heavy atom. The van der Waals surface area contributed by atoms with Crippen LogP contribution in [0, 0.1) is 0 Å². The van der Waals surface area contributed by atoms with Crippen molar-refractivity contribution in [3.63, 3.8) is 0 Å². The summed E-state index contributed by atoms with van der Waals surface area (Å²) in [5.74, 6) is 0. The summed E-state index contributed by atoms with van der Waals surface area (Å²) < 4.78 is 2.48. The predicted molar refractivity (Wildman–Crippen MR) is 127 cm³/mol. The molecule has 0 aliphatic carbocycles. The maximum absolute atomic E-state index is 4.77. The van der Waals surface area contributed by atoms with E-state index in [4.69, 9.17) is 4.98 Å². The molecule has 0 unspecified atom stereocenters. The Hall–Kier alpha value is -2.69. The lowest BCUT2D eigenvalue weighted by molar-refractivity contribution is 0.394. The molecule has 4 nitrogen and oxygen atoms in total. The Balaban J connectivity index is 1.58. The molecule has 2 heterocycles. The van der Waals surface area contributed by atoms with Gasteiger partial charge in [0, 0.05) is 35.6 Å². The van der Waals surface area contributed by atoms with Crippen LogP contribution in [0.3, 0.4) is 0 Å². The zero-order valence-corrected chi connectivity index (χ0v) is 18.1. The maximum Gasteiger partial charge on any atom is 0.0784 e. The third kappa shape index (κ3) is 4.72. The second-order valence-electron chi connectivity index (χ2n) is 8.25. The molecule has 0 bridgehead atoms. The molecule has 1 N–H and O–H groups in total. The summed E-state index contributed by atoms with van der Waals surface area (Å²) in [4.78, 5) is 7.00. The number of pyridine rings is 1. The van der Waals surface area contributed by atoms with Crippen molar-refractivity contribution in [2.45, 2.75) is 32.4 Å². The van der Waals surface area contributed by atoms with Crippen molar-refractivity contribution in [1.82, 2.24) is 19.8 Å². The molecule has 156 valence electrons. The molecule has 0 atom stereocenters. The van der Waals surface area contributed by atoms with Crippen molar-refractivity contribution in [3.05, 3.63) is 78.1 Å². The topological polar surface area (TPSA) is 33.1 Å². The number of para-hydroxylation sites is 1. The van der Waals surface area contributed by atoms with Crippen molar-refractivity contribution < 1.29 is 0 Å². The van der Waals surface area contributed by atoms with E-state index < -0.39 is 0 Å². The molecule has 2 aromatic carbocycles. The van der Waals surface area contributed by atoms with Gasteiger partial charge < -0.3 is 14.8 Å². The van der Waals surface area contributed by atoms with Gasteiger partial charge in [-0.1, -0.05) is 48.5 Å². The van der Waals surface area contributed by atoms with E-state index in [9.17, 15) is 0 Å². The lowest BCUT2D eigenvalue weighted by atomic mass is 10.1. The van der Waals surface area contributed by atoms with Gasteiger partial charge in [0.05, 0.1) is 11.2 Å². The molecule has 0 saturated heterocycles. The van der Waals surface area contributed by atoms with Crippen molar-refractivity contribution in [3.8, 4) is 0 Å². The summed E-state index contributed by atoms with van der Waals surface area (Å²) in [6.07, 6.45) is 5.30. The van der Waals surface area contributed by atoms with Crippen LogP contribution in [-0.2, 0) is 19.5 Å². The average molecular weight is 401 g/mol. The van der Waals surface area contributed by atoms with Crippen LogP contribution in [0.25, 0.3) is 21.8 Å². The summed E-state index contributed by atoms with van der Waals surface area (Å²) in [7, 11) is 4.24. The summed E-state index contributed by atoms with van der Waals surface area (Å²) in [6, 6.07) is 21.7. The zero-order valence-electron chi connectivity index (χ0n) is 18.1. The van der Waals surface area contributed by atoms with Crippen molar-refractivity contribution >= 4 is 21.8 Å². The largest absolute Gasteiger partial charge is 0.339 e. The predicted octanol–water partition coefficient (Wildman–Crippen LogP) is 4.86. The van der Waals surface area contributed by atoms with Crippen LogP contribution in [0.15, 0.2) is 66.9 Å². The van der Waals surface area contributed by atoms with Gasteiger partial charge in [0.1, 0.15) is 0 Å². The van der Waals surface area contributed by atoms with E-state index in [1.807, 2.05) is 6.20 Å². The van der Waals surface area contributed by atoms with E-state index in [1.165, 1.54) is 27.4 Å². The molecule has 0 amide bonds. The first-order chi connectivity index (χ1) is 14.7. The first kappa shape index (κ1) is 20.6. The maximum atomic E-state index is 4.77. The number of benzene rings is 2. The van der Waals surface area contributed by atoms with Gasteiger partial charge in [-0.25, -0.2) is 0 Å². The molecule has 0 spiro atoms. The Labute approximate surface area is 179 Å². The normalized spacial score (nSPS) is 11.7. The first-order valence-corrected chi connectivity index (χ1v) is 11.0. The number of fused-ring (bicyclic) bond motifs is 3. The number of hydrogen-bond donors (Lipinski definition) is 1. The summed E-state index contributed by atoms with van der Waals surface area (Å²) in [5, 5.41) is 6.23. The molecule has 0 aliphatic heterocycles. The van der Waals surface area contributed by atoms with Crippen molar-refractivity contribution in [2.75, 3.05) is 27.2 Å². The van der Waals surface area contributed by atoms with Crippen LogP contribution < -0.4 is 5.32 Å². The number of nitrogens with zero attached hydrogens (tertiary/aromatic N) is 3. The van der Waals surface area contributed by atoms with Gasteiger partial charge in [0.25, 0.3) is 0 Å². The number of aryl methyl sites for hydroxylation is 2. The van der Waals surface area contributed by atoms with Gasteiger partial charge in [-0.15, -0.1) is 0 Å². The van der Waals surface area contributed by atoms with Gasteiger partial charge >= 0.3 is 0 Å². The van der Waals surface area contributed by atoms with Gasteiger partial charge in [0.15, 0.2) is 0 Å². The monoisotopic (exact) mass is 400 g/mol. The van der Waals surface area contributed by atoms with Crippen LogP contribution in [0.1, 0.15) is 24.1 Å². The quantitative estimate of drug-likeness (QED) is 0.386. The fourth-order valence-electron chi connectivity index (χ4n) is 4.25. The minimum atomic E-state index is 0.805. The van der Waals surface area contributed by atoms with E-state index >= 15 is 0 Å². The first-order valence-electron chi connectivity index (χ1n) is 11.0. The van der Waals surface area contributed by atoms with Crippen LogP contribution in [-0.4, -0.2) is 41.6 Å². The van der Waals surface area contributed by atoms with Crippen LogP contribution >= 0.6 is 0 Å². The number of hydrogen-bond acceptors (Lipinski definition) is 3. The van der Waals surface area contributed by atoms with E-state index in [0.29, 0.717) is 0 Å². The molecule has 2 aromatic heterocycles. The highest BCUT2D eigenvalue weighted by molar-refractivity contribution is 6.08. The van der Waals surface area contributed by atoms with E-state index in [0.717, 1.165) is 51.1 Å². The summed E-state index contributed by atoms with van der Waals surface area (Å²) in [6.45, 7) is 3.91. The number of nitrogens with one attached hydrogen (secondary N) is 1. The Morgan fingerprint density at radius 1 is 0.900 bits per heavy atom. The van der Waals surface area contributed by atoms with E-state index in [1.54, 1.807) is 0 Å². The van der Waals surface area contributed by atoms with Crippen LogP contribution in [0.5, 0.6) is 0 Å². The molecule has 0 saturated carbocycles. The third-order valence-corrected chi connectivity index (χ3v) is 5.70. The average Bonchev–Trinajstić information content (AvgIpc) is 3.09. The lowest BCUT2D eigenvalue weighted by Crippen LogP contribution is -2.21. The van der Waals surface area contributed by atoms with Gasteiger partial charge in [-0.2, -0.15) is 0 Å². The van der Waals surface area contributed by atoms with E-state index in [-0.39, 0.29) is 0 Å². The molecule has 0 radical (unpaired) electrons. The molecule has 30 heavy (non-hydrogen) atoms. The Bertz CT molecular complexity index is 1080. The molecular weight excluding hydrogens is 368 g/mol. The lowest BCUT2D eigenvalue weighted by Gasteiger charge is -2.12. The zero-order chi connectivity index (χ0) is 20.8. The Morgan fingerprint density at radius 3 is 2.53 bits per heavy atom. The second-order valence-corrected chi connectivity index (χ2v) is 8.25. The second kappa shape index (κ2) is 9.88. The van der Waals surface area contributed by atoms with Crippen molar-refractivity contribution in [1.29, 1.82) is 0 Å². The van der Waals surface area contributed by atoms with Gasteiger partial charge in [0.2, 0.25) is 0 Å². The van der Waals surface area contributed by atoms with E-state index in [2.05, 4.69) is 89.5 Å². The minimum Gasteiger partial charge on any atom is -0.339 e. The fourth-order valence-corrected chi connectivity index (χ4v) is 4.25. The minimum absolute atomic E-state index is 0.805. The number of aromatic nitrogens is 2. The summed E-state index contributed by atoms with van der Waals surface area (Å²) in [5.41, 5.74) is 5.14.